The molecule has 120 valence electrons. The maximum Gasteiger partial charge on any atom is 0.255 e. The molecule has 22 heavy (non-hydrogen) atoms. The number of carbonyl (C=O) groups excluding carboxylic acids is 1. The van der Waals surface area contributed by atoms with Gasteiger partial charge in [0.2, 0.25) is 0 Å². The zero-order valence-electron chi connectivity index (χ0n) is 13.5. The minimum Gasteiger partial charge on any atom is -0.381 e. The smallest absolute Gasteiger partial charge is 0.255 e. The van der Waals surface area contributed by atoms with Crippen molar-refractivity contribution in [1.29, 1.82) is 0 Å². The molecule has 0 aromatic carbocycles. The highest BCUT2D eigenvalue weighted by Gasteiger charge is 2.24. The summed E-state index contributed by atoms with van der Waals surface area (Å²) >= 11 is 0. The molecule has 2 fully saturated rings. The number of nitrogens with zero attached hydrogens (tertiary/aromatic N) is 2. The summed E-state index contributed by atoms with van der Waals surface area (Å²) in [6.45, 7) is 5.50. The molecule has 4 heteroatoms. The van der Waals surface area contributed by atoms with E-state index in [0.29, 0.717) is 11.5 Å². The van der Waals surface area contributed by atoms with Crippen LogP contribution in [0.4, 0.5) is 0 Å². The molecule has 0 spiro atoms. The standard InChI is InChI=1S/C18H26N2O2/c1-14-2-5-17(12-19-14)18(21)20-9-6-15(7-10-20)8-11-22-13-16-3-4-16/h2,5,12,15-16H,3-4,6-11,13H2,1H3. The van der Waals surface area contributed by atoms with Gasteiger partial charge in [-0.05, 0) is 63.0 Å². The monoisotopic (exact) mass is 302 g/mol. The highest BCUT2D eigenvalue weighted by molar-refractivity contribution is 5.93. The Balaban J connectivity index is 1.38. The minimum atomic E-state index is 0.121. The number of rotatable bonds is 6. The lowest BCUT2D eigenvalue weighted by molar-refractivity contribution is 0.0644. The lowest BCUT2D eigenvalue weighted by Gasteiger charge is -2.32. The first-order valence-corrected chi connectivity index (χ1v) is 8.52. The molecule has 2 aliphatic rings. The number of amides is 1. The van der Waals surface area contributed by atoms with Crippen molar-refractivity contribution in [3.8, 4) is 0 Å². The number of piperidine rings is 1. The number of aromatic nitrogens is 1. The van der Waals surface area contributed by atoms with Gasteiger partial charge in [-0.15, -0.1) is 0 Å². The Morgan fingerprint density at radius 2 is 2.00 bits per heavy atom. The summed E-state index contributed by atoms with van der Waals surface area (Å²) in [5.74, 6) is 1.68. The van der Waals surface area contributed by atoms with Crippen molar-refractivity contribution in [2.45, 2.75) is 39.0 Å². The lowest BCUT2D eigenvalue weighted by Crippen LogP contribution is -2.38. The number of ether oxygens (including phenoxy) is 1. The SMILES string of the molecule is Cc1ccc(C(=O)N2CCC(CCOCC3CC3)CC2)cn1. The second kappa shape index (κ2) is 7.23. The molecule has 0 bridgehead atoms. The molecule has 1 aromatic heterocycles. The van der Waals surface area contributed by atoms with Crippen LogP contribution >= 0.6 is 0 Å². The Labute approximate surface area is 132 Å². The van der Waals surface area contributed by atoms with Gasteiger partial charge in [-0.3, -0.25) is 9.78 Å². The average Bonchev–Trinajstić information content (AvgIpc) is 3.37. The van der Waals surface area contributed by atoms with E-state index in [2.05, 4.69) is 4.98 Å². The Bertz CT molecular complexity index is 488. The van der Waals surface area contributed by atoms with E-state index < -0.39 is 0 Å². The first-order valence-electron chi connectivity index (χ1n) is 8.52. The number of hydrogen-bond acceptors (Lipinski definition) is 3. The fourth-order valence-corrected chi connectivity index (χ4v) is 2.99. The molecule has 4 nitrogen and oxygen atoms in total. The molecule has 0 unspecified atom stereocenters. The molecule has 0 N–H and O–H groups in total. The maximum atomic E-state index is 12.4. The Kier molecular flexibility index (Phi) is 5.08. The van der Waals surface area contributed by atoms with Gasteiger partial charge in [-0.25, -0.2) is 0 Å². The van der Waals surface area contributed by atoms with Crippen LogP contribution in [-0.4, -0.2) is 42.1 Å². The van der Waals surface area contributed by atoms with Crippen LogP contribution in [0, 0.1) is 18.8 Å². The Morgan fingerprint density at radius 1 is 1.23 bits per heavy atom. The molecule has 1 amide bonds. The first kappa shape index (κ1) is 15.5. The van der Waals surface area contributed by atoms with Crippen molar-refractivity contribution in [1.82, 2.24) is 9.88 Å². The normalized spacial score (nSPS) is 19.4. The third kappa shape index (κ3) is 4.29. The molecule has 0 atom stereocenters. The van der Waals surface area contributed by atoms with Gasteiger partial charge in [-0.1, -0.05) is 0 Å². The topological polar surface area (TPSA) is 42.4 Å². The zero-order valence-corrected chi connectivity index (χ0v) is 13.5. The largest absolute Gasteiger partial charge is 0.381 e. The van der Waals surface area contributed by atoms with E-state index in [1.807, 2.05) is 24.0 Å². The van der Waals surface area contributed by atoms with E-state index in [0.717, 1.165) is 57.2 Å². The lowest BCUT2D eigenvalue weighted by atomic mass is 9.93. The number of likely N-dealkylation sites (tertiary alicyclic amines) is 1. The van der Waals surface area contributed by atoms with Crippen molar-refractivity contribution in [2.75, 3.05) is 26.3 Å². The first-order chi connectivity index (χ1) is 10.7. The van der Waals surface area contributed by atoms with Gasteiger partial charge in [-0.2, -0.15) is 0 Å². The number of aryl methyl sites for hydroxylation is 1. The van der Waals surface area contributed by atoms with Gasteiger partial charge in [0.1, 0.15) is 0 Å². The van der Waals surface area contributed by atoms with E-state index in [4.69, 9.17) is 4.74 Å². The van der Waals surface area contributed by atoms with E-state index >= 15 is 0 Å². The van der Waals surface area contributed by atoms with Crippen molar-refractivity contribution < 1.29 is 9.53 Å². The summed E-state index contributed by atoms with van der Waals surface area (Å²) in [6, 6.07) is 3.78. The quantitative estimate of drug-likeness (QED) is 0.759. The predicted molar refractivity (Wildman–Crippen MR) is 85.8 cm³/mol. The third-order valence-corrected chi connectivity index (χ3v) is 4.78. The molecular weight excluding hydrogens is 276 g/mol. The fraction of sp³-hybridized carbons (Fsp3) is 0.667. The molecule has 1 aromatic rings. The molecule has 1 saturated carbocycles. The maximum absolute atomic E-state index is 12.4. The average molecular weight is 302 g/mol. The summed E-state index contributed by atoms with van der Waals surface area (Å²) < 4.78 is 5.73. The molecule has 2 heterocycles. The Hall–Kier alpha value is -1.42. The summed E-state index contributed by atoms with van der Waals surface area (Å²) in [7, 11) is 0. The zero-order chi connectivity index (χ0) is 15.4. The molecule has 1 aliphatic heterocycles. The second-order valence-corrected chi connectivity index (χ2v) is 6.73. The number of hydrogen-bond donors (Lipinski definition) is 0. The Morgan fingerprint density at radius 3 is 2.64 bits per heavy atom. The van der Waals surface area contributed by atoms with Crippen LogP contribution in [0.1, 0.15) is 48.2 Å². The van der Waals surface area contributed by atoms with Crippen molar-refractivity contribution in [3.05, 3.63) is 29.6 Å². The minimum absolute atomic E-state index is 0.121. The van der Waals surface area contributed by atoms with Crippen LogP contribution in [0.25, 0.3) is 0 Å². The van der Waals surface area contributed by atoms with Crippen LogP contribution in [0.3, 0.4) is 0 Å². The fourth-order valence-electron chi connectivity index (χ4n) is 2.99. The van der Waals surface area contributed by atoms with Crippen molar-refractivity contribution in [3.63, 3.8) is 0 Å². The predicted octanol–water partition coefficient (Wildman–Crippen LogP) is 3.06. The highest BCUT2D eigenvalue weighted by atomic mass is 16.5. The van der Waals surface area contributed by atoms with Crippen molar-refractivity contribution in [2.24, 2.45) is 11.8 Å². The van der Waals surface area contributed by atoms with Crippen LogP contribution in [0.5, 0.6) is 0 Å². The molecular formula is C18H26N2O2. The molecule has 3 rings (SSSR count). The number of carbonyl (C=O) groups is 1. The summed E-state index contributed by atoms with van der Waals surface area (Å²) in [6.07, 6.45) is 7.73. The molecule has 1 saturated heterocycles. The highest BCUT2D eigenvalue weighted by Crippen LogP contribution is 2.29. The number of pyridine rings is 1. The van der Waals surface area contributed by atoms with Gasteiger partial charge in [0.15, 0.2) is 0 Å². The van der Waals surface area contributed by atoms with E-state index in [1.54, 1.807) is 6.20 Å². The van der Waals surface area contributed by atoms with Gasteiger partial charge in [0.05, 0.1) is 5.56 Å². The second-order valence-electron chi connectivity index (χ2n) is 6.73. The molecule has 1 aliphatic carbocycles. The van der Waals surface area contributed by atoms with Gasteiger partial charge in [0.25, 0.3) is 5.91 Å². The summed E-state index contributed by atoms with van der Waals surface area (Å²) in [5, 5.41) is 0. The van der Waals surface area contributed by atoms with Crippen LogP contribution in [0.15, 0.2) is 18.3 Å². The van der Waals surface area contributed by atoms with Gasteiger partial charge >= 0.3 is 0 Å². The van der Waals surface area contributed by atoms with Gasteiger partial charge < -0.3 is 9.64 Å². The summed E-state index contributed by atoms with van der Waals surface area (Å²) in [5.41, 5.74) is 1.65. The van der Waals surface area contributed by atoms with Gasteiger partial charge in [0, 0.05) is 38.2 Å². The summed E-state index contributed by atoms with van der Waals surface area (Å²) in [4.78, 5) is 18.6. The van der Waals surface area contributed by atoms with E-state index in [9.17, 15) is 4.79 Å². The van der Waals surface area contributed by atoms with Crippen LogP contribution < -0.4 is 0 Å². The van der Waals surface area contributed by atoms with Crippen LogP contribution in [-0.2, 0) is 4.74 Å². The van der Waals surface area contributed by atoms with Crippen molar-refractivity contribution >= 4 is 5.91 Å². The van der Waals surface area contributed by atoms with E-state index in [-0.39, 0.29) is 5.91 Å². The van der Waals surface area contributed by atoms with Crippen LogP contribution in [0.2, 0.25) is 0 Å². The molecule has 0 radical (unpaired) electrons. The van der Waals surface area contributed by atoms with E-state index in [1.165, 1.54) is 12.8 Å². The third-order valence-electron chi connectivity index (χ3n) is 4.78.